The topological polar surface area (TPSA) is 62.5 Å². The summed E-state index contributed by atoms with van der Waals surface area (Å²) in [5.74, 6) is 0.625. The Labute approximate surface area is 145 Å². The highest BCUT2D eigenvalue weighted by Gasteiger charge is 2.06. The highest BCUT2D eigenvalue weighted by molar-refractivity contribution is 5.79. The van der Waals surface area contributed by atoms with Gasteiger partial charge in [0.25, 0.3) is 0 Å². The van der Waals surface area contributed by atoms with Gasteiger partial charge in [0, 0.05) is 23.7 Å². The molecule has 4 nitrogen and oxygen atoms in total. The summed E-state index contributed by atoms with van der Waals surface area (Å²) in [6, 6.07) is 23.5. The van der Waals surface area contributed by atoms with Crippen molar-refractivity contribution in [2.75, 3.05) is 0 Å². The molecule has 2 heterocycles. The van der Waals surface area contributed by atoms with Gasteiger partial charge in [0.15, 0.2) is 5.82 Å². The summed E-state index contributed by atoms with van der Waals surface area (Å²) in [6.07, 6.45) is 2.53. The third-order valence-corrected chi connectivity index (χ3v) is 3.99. The number of fused-ring (bicyclic) bond motifs is 1. The van der Waals surface area contributed by atoms with E-state index in [9.17, 15) is 0 Å². The molecule has 0 saturated carbocycles. The molecule has 0 amide bonds. The van der Waals surface area contributed by atoms with Gasteiger partial charge in [-0.05, 0) is 35.9 Å². The van der Waals surface area contributed by atoms with Crippen LogP contribution in [0.5, 0.6) is 0 Å². The first-order valence-corrected chi connectivity index (χ1v) is 7.99. The van der Waals surface area contributed by atoms with Crippen LogP contribution in [0.4, 0.5) is 0 Å². The summed E-state index contributed by atoms with van der Waals surface area (Å²) in [7, 11) is 0. The minimum absolute atomic E-state index is 0.625. The first-order chi connectivity index (χ1) is 12.3. The molecule has 0 aliphatic heterocycles. The van der Waals surface area contributed by atoms with Crippen LogP contribution in [0.15, 0.2) is 72.9 Å². The van der Waals surface area contributed by atoms with E-state index in [2.05, 4.69) is 16.0 Å². The largest absolute Gasteiger partial charge is 0.249 e. The van der Waals surface area contributed by atoms with Crippen molar-refractivity contribution in [3.05, 3.63) is 89.7 Å². The summed E-state index contributed by atoms with van der Waals surface area (Å²) < 4.78 is 0. The van der Waals surface area contributed by atoms with Crippen molar-refractivity contribution in [2.45, 2.75) is 6.42 Å². The molecule has 0 aliphatic rings. The molecular weight excluding hydrogens is 308 g/mol. The molecule has 0 saturated heterocycles. The van der Waals surface area contributed by atoms with Crippen molar-refractivity contribution in [3.63, 3.8) is 0 Å². The van der Waals surface area contributed by atoms with Crippen LogP contribution in [0.3, 0.4) is 0 Å². The lowest BCUT2D eigenvalue weighted by Crippen LogP contribution is -1.97. The molecule has 0 bridgehead atoms. The fraction of sp³-hybridized carbons (Fsp3) is 0.0476. The lowest BCUT2D eigenvalue weighted by atomic mass is 10.1. The fourth-order valence-corrected chi connectivity index (χ4v) is 2.70. The summed E-state index contributed by atoms with van der Waals surface area (Å²) in [4.78, 5) is 13.7. The molecule has 2 aromatic carbocycles. The minimum atomic E-state index is 0.625. The number of aromatic nitrogens is 3. The first kappa shape index (κ1) is 15.0. The second-order valence-electron chi connectivity index (χ2n) is 5.75. The van der Waals surface area contributed by atoms with E-state index in [4.69, 9.17) is 10.2 Å². The average Bonchev–Trinajstić information content (AvgIpc) is 2.68. The Hall–Kier alpha value is -3.58. The Morgan fingerprint density at radius 3 is 2.52 bits per heavy atom. The Balaban J connectivity index is 1.64. The van der Waals surface area contributed by atoms with Crippen LogP contribution >= 0.6 is 0 Å². The van der Waals surface area contributed by atoms with E-state index in [1.165, 1.54) is 0 Å². The molecule has 0 N–H and O–H groups in total. The molecule has 0 fully saturated rings. The highest BCUT2D eigenvalue weighted by atomic mass is 14.9. The second kappa shape index (κ2) is 6.50. The Morgan fingerprint density at radius 2 is 1.68 bits per heavy atom. The molecule has 25 heavy (non-hydrogen) atoms. The van der Waals surface area contributed by atoms with Gasteiger partial charge in [-0.3, -0.25) is 0 Å². The first-order valence-electron chi connectivity index (χ1n) is 7.99. The van der Waals surface area contributed by atoms with E-state index in [1.807, 2.05) is 72.9 Å². The molecule has 0 aliphatic carbocycles. The summed E-state index contributed by atoms with van der Waals surface area (Å²) in [5, 5.41) is 9.89. The molecule has 0 radical (unpaired) electrons. The van der Waals surface area contributed by atoms with Gasteiger partial charge in [-0.25, -0.2) is 15.0 Å². The van der Waals surface area contributed by atoms with Crippen molar-refractivity contribution < 1.29 is 0 Å². The third-order valence-electron chi connectivity index (χ3n) is 3.99. The number of benzene rings is 2. The van der Waals surface area contributed by atoms with Crippen LogP contribution in [0.1, 0.15) is 16.8 Å². The fourth-order valence-electron chi connectivity index (χ4n) is 2.70. The molecule has 0 atom stereocenters. The molecular formula is C21H14N4. The van der Waals surface area contributed by atoms with Gasteiger partial charge in [-0.15, -0.1) is 0 Å². The molecule has 0 unspecified atom stereocenters. The van der Waals surface area contributed by atoms with Gasteiger partial charge < -0.3 is 0 Å². The zero-order chi connectivity index (χ0) is 17.1. The molecule has 4 rings (SSSR count). The number of rotatable bonds is 3. The van der Waals surface area contributed by atoms with E-state index < -0.39 is 0 Å². The number of hydrogen-bond donors (Lipinski definition) is 0. The van der Waals surface area contributed by atoms with Crippen LogP contribution in [-0.4, -0.2) is 15.0 Å². The monoisotopic (exact) mass is 322 g/mol. The Morgan fingerprint density at radius 1 is 0.840 bits per heavy atom. The van der Waals surface area contributed by atoms with Gasteiger partial charge in [0.2, 0.25) is 0 Å². The number of pyridine rings is 1. The maximum atomic E-state index is 8.88. The highest BCUT2D eigenvalue weighted by Crippen LogP contribution is 2.18. The zero-order valence-corrected chi connectivity index (χ0v) is 13.4. The predicted molar refractivity (Wildman–Crippen MR) is 96.7 cm³/mol. The average molecular weight is 322 g/mol. The number of hydrogen-bond acceptors (Lipinski definition) is 4. The number of para-hydroxylation sites is 1. The molecule has 4 aromatic rings. The van der Waals surface area contributed by atoms with Crippen LogP contribution in [-0.2, 0) is 6.42 Å². The van der Waals surface area contributed by atoms with E-state index in [0.717, 1.165) is 27.9 Å². The summed E-state index contributed by atoms with van der Waals surface area (Å²) in [6.45, 7) is 0. The number of nitrogens with zero attached hydrogens (tertiary/aromatic N) is 4. The van der Waals surface area contributed by atoms with Crippen LogP contribution in [0, 0.1) is 11.3 Å². The number of nitriles is 1. The third kappa shape index (κ3) is 3.22. The quantitative estimate of drug-likeness (QED) is 0.568. The van der Waals surface area contributed by atoms with Crippen LogP contribution in [0.25, 0.3) is 22.4 Å². The van der Waals surface area contributed by atoms with Gasteiger partial charge in [0.1, 0.15) is 5.69 Å². The van der Waals surface area contributed by atoms with E-state index in [-0.39, 0.29) is 0 Å². The SMILES string of the molecule is N#Cc1ccc(Cc2cccc(-c3ncc4ccccc4n3)n2)cc1. The van der Waals surface area contributed by atoms with Gasteiger partial charge in [-0.1, -0.05) is 36.4 Å². The van der Waals surface area contributed by atoms with Gasteiger partial charge in [0.05, 0.1) is 17.1 Å². The Bertz CT molecular complexity index is 1080. The summed E-state index contributed by atoms with van der Waals surface area (Å²) >= 11 is 0. The minimum Gasteiger partial charge on any atom is -0.249 e. The lowest BCUT2D eigenvalue weighted by Gasteiger charge is -2.05. The van der Waals surface area contributed by atoms with E-state index >= 15 is 0 Å². The van der Waals surface area contributed by atoms with Crippen molar-refractivity contribution >= 4 is 10.9 Å². The van der Waals surface area contributed by atoms with Crippen molar-refractivity contribution in [2.24, 2.45) is 0 Å². The van der Waals surface area contributed by atoms with Crippen LogP contribution < -0.4 is 0 Å². The zero-order valence-electron chi connectivity index (χ0n) is 13.4. The lowest BCUT2D eigenvalue weighted by molar-refractivity contribution is 1.06. The van der Waals surface area contributed by atoms with Gasteiger partial charge in [-0.2, -0.15) is 5.26 Å². The normalized spacial score (nSPS) is 10.5. The Kier molecular flexibility index (Phi) is 3.89. The summed E-state index contributed by atoms with van der Waals surface area (Å²) in [5.41, 5.74) is 4.39. The van der Waals surface area contributed by atoms with Gasteiger partial charge >= 0.3 is 0 Å². The van der Waals surface area contributed by atoms with Crippen molar-refractivity contribution in [1.29, 1.82) is 5.26 Å². The predicted octanol–water partition coefficient (Wildman–Crippen LogP) is 4.15. The maximum absolute atomic E-state index is 8.88. The second-order valence-corrected chi connectivity index (χ2v) is 5.75. The molecule has 4 heteroatoms. The maximum Gasteiger partial charge on any atom is 0.178 e. The molecule has 0 spiro atoms. The van der Waals surface area contributed by atoms with E-state index in [0.29, 0.717) is 17.8 Å². The molecule has 2 aromatic heterocycles. The van der Waals surface area contributed by atoms with Crippen molar-refractivity contribution in [1.82, 2.24) is 15.0 Å². The van der Waals surface area contributed by atoms with Crippen LogP contribution in [0.2, 0.25) is 0 Å². The standard InChI is InChI=1S/C21H14N4/c22-13-16-10-8-15(9-11-16)12-18-5-3-7-20(24-18)21-23-14-17-4-1-2-6-19(17)25-21/h1-11,14H,12H2. The smallest absolute Gasteiger partial charge is 0.178 e. The molecule has 118 valence electrons. The van der Waals surface area contributed by atoms with E-state index in [1.54, 1.807) is 0 Å². The van der Waals surface area contributed by atoms with Crippen molar-refractivity contribution in [3.8, 4) is 17.6 Å².